The smallest absolute Gasteiger partial charge is 0.261 e. The van der Waals surface area contributed by atoms with E-state index >= 15 is 0 Å². The molecule has 22 heavy (non-hydrogen) atoms. The van der Waals surface area contributed by atoms with Gasteiger partial charge in [-0.2, -0.15) is 0 Å². The second kappa shape index (κ2) is 5.75. The third-order valence-electron chi connectivity index (χ3n) is 4.06. The number of carbonyl (C=O) groups is 1. The second-order valence-electron chi connectivity index (χ2n) is 5.78. The van der Waals surface area contributed by atoms with E-state index in [-0.39, 0.29) is 23.1 Å². The van der Waals surface area contributed by atoms with Crippen molar-refractivity contribution in [2.24, 2.45) is 0 Å². The first kappa shape index (κ1) is 14.5. The van der Waals surface area contributed by atoms with Crippen molar-refractivity contribution in [3.8, 4) is 0 Å². The molecule has 1 aliphatic heterocycles. The Balaban J connectivity index is 1.73. The van der Waals surface area contributed by atoms with Crippen LogP contribution in [0, 0.1) is 13.8 Å². The van der Waals surface area contributed by atoms with Gasteiger partial charge in [0.05, 0.1) is 0 Å². The van der Waals surface area contributed by atoms with E-state index in [1.165, 1.54) is 0 Å². The molecule has 0 aromatic carbocycles. The Morgan fingerprint density at radius 2 is 2.23 bits per heavy atom. The first-order chi connectivity index (χ1) is 10.5. The Labute approximate surface area is 127 Å². The number of hydrogen-bond donors (Lipinski definition) is 2. The molecular weight excluding hydrogens is 282 g/mol. The lowest BCUT2D eigenvalue weighted by Gasteiger charge is -2.16. The van der Waals surface area contributed by atoms with Crippen LogP contribution < -0.4 is 10.9 Å². The summed E-state index contributed by atoms with van der Waals surface area (Å²) >= 11 is 0. The highest BCUT2D eigenvalue weighted by molar-refractivity contribution is 5.95. The number of aromatic amines is 1. The van der Waals surface area contributed by atoms with Gasteiger partial charge in [0.2, 0.25) is 0 Å². The minimum Gasteiger partial charge on any atom is -0.349 e. The van der Waals surface area contributed by atoms with E-state index < -0.39 is 0 Å². The topological polar surface area (TPSA) is 92.7 Å². The lowest BCUT2D eigenvalue weighted by atomic mass is 10.1. The summed E-state index contributed by atoms with van der Waals surface area (Å²) in [7, 11) is 0. The predicted octanol–water partition coefficient (Wildman–Crippen LogP) is 0.718. The molecule has 2 N–H and O–H groups in total. The van der Waals surface area contributed by atoms with Gasteiger partial charge >= 0.3 is 0 Å². The van der Waals surface area contributed by atoms with Crippen molar-refractivity contribution in [1.29, 1.82) is 0 Å². The van der Waals surface area contributed by atoms with Crippen molar-refractivity contribution in [3.05, 3.63) is 45.4 Å². The highest BCUT2D eigenvalue weighted by atomic mass is 16.2. The van der Waals surface area contributed by atoms with E-state index in [4.69, 9.17) is 0 Å². The van der Waals surface area contributed by atoms with E-state index in [2.05, 4.69) is 20.5 Å². The standard InChI is InChI=1S/C15H19N5O2/c1-9-7-10(2)17-14(21)13(9)15(22)18-11-3-4-12-19-16-8-20(12)6-5-11/h7-8,11H,3-6H2,1-2H3,(H,17,21)(H,18,22). The van der Waals surface area contributed by atoms with Crippen molar-refractivity contribution < 1.29 is 4.79 Å². The van der Waals surface area contributed by atoms with Crippen molar-refractivity contribution in [2.75, 3.05) is 0 Å². The molecule has 7 nitrogen and oxygen atoms in total. The number of amides is 1. The summed E-state index contributed by atoms with van der Waals surface area (Å²) in [6, 6.07) is 1.85. The van der Waals surface area contributed by atoms with Crippen LogP contribution in [0.15, 0.2) is 17.2 Å². The molecular formula is C15H19N5O2. The fraction of sp³-hybridized carbons (Fsp3) is 0.467. The van der Waals surface area contributed by atoms with Gasteiger partial charge in [0.15, 0.2) is 0 Å². The van der Waals surface area contributed by atoms with Crippen molar-refractivity contribution in [1.82, 2.24) is 25.1 Å². The number of aryl methyl sites for hydroxylation is 4. The fourth-order valence-corrected chi connectivity index (χ4v) is 2.94. The number of rotatable bonds is 2. The Morgan fingerprint density at radius 3 is 3.00 bits per heavy atom. The van der Waals surface area contributed by atoms with Gasteiger partial charge in [-0.05, 0) is 38.3 Å². The van der Waals surface area contributed by atoms with Gasteiger partial charge in [-0.3, -0.25) is 9.59 Å². The fourth-order valence-electron chi connectivity index (χ4n) is 2.94. The molecule has 3 heterocycles. The highest BCUT2D eigenvalue weighted by Crippen LogP contribution is 2.13. The van der Waals surface area contributed by atoms with Crippen LogP contribution in [-0.2, 0) is 13.0 Å². The summed E-state index contributed by atoms with van der Waals surface area (Å²) in [5, 5.41) is 10.9. The number of aromatic nitrogens is 4. The summed E-state index contributed by atoms with van der Waals surface area (Å²) in [6.07, 6.45) is 4.09. The molecule has 0 fully saturated rings. The second-order valence-corrected chi connectivity index (χ2v) is 5.78. The molecule has 1 amide bonds. The normalized spacial score (nSPS) is 17.6. The number of pyridine rings is 1. The molecule has 0 spiro atoms. The molecule has 0 saturated carbocycles. The third-order valence-corrected chi connectivity index (χ3v) is 4.06. The quantitative estimate of drug-likeness (QED) is 0.854. The molecule has 0 radical (unpaired) electrons. The van der Waals surface area contributed by atoms with E-state index in [1.807, 2.05) is 10.6 Å². The first-order valence-corrected chi connectivity index (χ1v) is 7.42. The van der Waals surface area contributed by atoms with Gasteiger partial charge in [0.1, 0.15) is 17.7 Å². The molecule has 7 heteroatoms. The van der Waals surface area contributed by atoms with E-state index in [9.17, 15) is 9.59 Å². The van der Waals surface area contributed by atoms with Crippen molar-refractivity contribution >= 4 is 5.91 Å². The maximum absolute atomic E-state index is 12.4. The van der Waals surface area contributed by atoms with E-state index in [0.717, 1.165) is 37.3 Å². The van der Waals surface area contributed by atoms with E-state index in [1.54, 1.807) is 20.2 Å². The summed E-state index contributed by atoms with van der Waals surface area (Å²) in [5.41, 5.74) is 1.32. The molecule has 0 saturated heterocycles. The van der Waals surface area contributed by atoms with Crippen LogP contribution in [-0.4, -0.2) is 31.7 Å². The summed E-state index contributed by atoms with van der Waals surface area (Å²) < 4.78 is 2.01. The number of nitrogens with zero attached hydrogens (tertiary/aromatic N) is 3. The SMILES string of the molecule is Cc1cc(C)c(C(=O)NC2CCc3nncn3CC2)c(=O)[nH]1. The average Bonchev–Trinajstić information content (AvgIpc) is 2.80. The molecule has 116 valence electrons. The Bertz CT molecular complexity index is 739. The van der Waals surface area contributed by atoms with Crippen LogP contribution >= 0.6 is 0 Å². The summed E-state index contributed by atoms with van der Waals surface area (Å²) in [4.78, 5) is 27.1. The number of fused-ring (bicyclic) bond motifs is 1. The van der Waals surface area contributed by atoms with Crippen LogP contribution in [0.3, 0.4) is 0 Å². The molecule has 2 aromatic rings. The lowest BCUT2D eigenvalue weighted by molar-refractivity contribution is 0.0930. The van der Waals surface area contributed by atoms with Gasteiger partial charge in [-0.25, -0.2) is 0 Å². The molecule has 1 unspecified atom stereocenters. The molecule has 0 aliphatic carbocycles. The number of hydrogen-bond acceptors (Lipinski definition) is 4. The van der Waals surface area contributed by atoms with Crippen LogP contribution in [0.5, 0.6) is 0 Å². The van der Waals surface area contributed by atoms with Gasteiger partial charge in [-0.15, -0.1) is 10.2 Å². The maximum Gasteiger partial charge on any atom is 0.261 e. The monoisotopic (exact) mass is 301 g/mol. The minimum atomic E-state index is -0.333. The molecule has 2 aromatic heterocycles. The number of carbonyl (C=O) groups excluding carboxylic acids is 1. The third kappa shape index (κ3) is 2.79. The minimum absolute atomic E-state index is 0.0364. The van der Waals surface area contributed by atoms with E-state index in [0.29, 0.717) is 5.56 Å². The maximum atomic E-state index is 12.4. The number of H-pyrrole nitrogens is 1. The highest BCUT2D eigenvalue weighted by Gasteiger charge is 2.21. The average molecular weight is 301 g/mol. The Kier molecular flexibility index (Phi) is 3.79. The summed E-state index contributed by atoms with van der Waals surface area (Å²) in [5.74, 6) is 0.641. The summed E-state index contributed by atoms with van der Waals surface area (Å²) in [6.45, 7) is 4.36. The zero-order valence-electron chi connectivity index (χ0n) is 12.7. The van der Waals surface area contributed by atoms with Gasteiger partial charge < -0.3 is 14.9 Å². The Morgan fingerprint density at radius 1 is 1.41 bits per heavy atom. The van der Waals surface area contributed by atoms with Gasteiger partial charge in [0, 0.05) is 24.7 Å². The zero-order chi connectivity index (χ0) is 15.7. The van der Waals surface area contributed by atoms with Gasteiger partial charge in [-0.1, -0.05) is 0 Å². The largest absolute Gasteiger partial charge is 0.349 e. The van der Waals surface area contributed by atoms with Gasteiger partial charge in [0.25, 0.3) is 11.5 Å². The first-order valence-electron chi connectivity index (χ1n) is 7.42. The Hall–Kier alpha value is -2.44. The molecule has 1 aliphatic rings. The predicted molar refractivity (Wildman–Crippen MR) is 80.8 cm³/mol. The molecule has 3 rings (SSSR count). The van der Waals surface area contributed by atoms with Crippen LogP contribution in [0.1, 0.15) is 40.3 Å². The molecule has 0 bridgehead atoms. The van der Waals surface area contributed by atoms with Crippen LogP contribution in [0.2, 0.25) is 0 Å². The van der Waals surface area contributed by atoms with Crippen molar-refractivity contribution in [3.63, 3.8) is 0 Å². The molecule has 1 atom stereocenters. The van der Waals surface area contributed by atoms with Crippen LogP contribution in [0.25, 0.3) is 0 Å². The van der Waals surface area contributed by atoms with Crippen LogP contribution in [0.4, 0.5) is 0 Å². The number of nitrogens with one attached hydrogen (secondary N) is 2. The zero-order valence-corrected chi connectivity index (χ0v) is 12.7. The van der Waals surface area contributed by atoms with Crippen molar-refractivity contribution in [2.45, 2.75) is 45.7 Å². The lowest BCUT2D eigenvalue weighted by Crippen LogP contribution is -2.38.